The highest BCUT2D eigenvalue weighted by atomic mass is 16.5. The van der Waals surface area contributed by atoms with Crippen molar-refractivity contribution in [2.45, 2.75) is 19.9 Å². The van der Waals surface area contributed by atoms with Crippen molar-refractivity contribution in [1.29, 1.82) is 0 Å². The van der Waals surface area contributed by atoms with Crippen molar-refractivity contribution in [3.8, 4) is 0 Å². The third kappa shape index (κ3) is 3.34. The van der Waals surface area contributed by atoms with E-state index in [1.54, 1.807) is 26.0 Å². The number of hydrogen-bond acceptors (Lipinski definition) is 4. The lowest BCUT2D eigenvalue weighted by molar-refractivity contribution is -0.144. The first-order valence-corrected chi connectivity index (χ1v) is 5.02. The second kappa shape index (κ2) is 5.85. The highest BCUT2D eigenvalue weighted by molar-refractivity contribution is 5.96. The smallest absolute Gasteiger partial charge is 0.328 e. The SMILES string of the molecule is CCOC(=O)C(C)NC(=O)c1ccncc1. The largest absolute Gasteiger partial charge is 0.464 e. The van der Waals surface area contributed by atoms with E-state index >= 15 is 0 Å². The fourth-order valence-electron chi connectivity index (χ4n) is 1.11. The van der Waals surface area contributed by atoms with Crippen molar-refractivity contribution in [1.82, 2.24) is 10.3 Å². The summed E-state index contributed by atoms with van der Waals surface area (Å²) in [4.78, 5) is 26.7. The van der Waals surface area contributed by atoms with E-state index in [-0.39, 0.29) is 5.91 Å². The van der Waals surface area contributed by atoms with Gasteiger partial charge in [0.2, 0.25) is 0 Å². The average Bonchev–Trinajstić information content (AvgIpc) is 2.30. The monoisotopic (exact) mass is 222 g/mol. The van der Waals surface area contributed by atoms with Gasteiger partial charge in [0.05, 0.1) is 6.61 Å². The lowest BCUT2D eigenvalue weighted by Gasteiger charge is -2.12. The molecule has 0 aliphatic carbocycles. The van der Waals surface area contributed by atoms with Crippen molar-refractivity contribution >= 4 is 11.9 Å². The molecule has 1 heterocycles. The molecule has 1 atom stereocenters. The van der Waals surface area contributed by atoms with Gasteiger partial charge in [0.1, 0.15) is 6.04 Å². The van der Waals surface area contributed by atoms with Crippen LogP contribution in [0.1, 0.15) is 24.2 Å². The number of hydrogen-bond donors (Lipinski definition) is 1. The molecule has 1 N–H and O–H groups in total. The highest BCUT2D eigenvalue weighted by Gasteiger charge is 2.16. The van der Waals surface area contributed by atoms with Crippen molar-refractivity contribution in [2.75, 3.05) is 6.61 Å². The van der Waals surface area contributed by atoms with Gasteiger partial charge in [-0.1, -0.05) is 0 Å². The molecule has 0 spiro atoms. The summed E-state index contributed by atoms with van der Waals surface area (Å²) in [6.45, 7) is 3.60. The molecular weight excluding hydrogens is 208 g/mol. The number of carbonyl (C=O) groups is 2. The van der Waals surface area contributed by atoms with Gasteiger partial charge in [-0.25, -0.2) is 4.79 Å². The van der Waals surface area contributed by atoms with Crippen LogP contribution in [0.25, 0.3) is 0 Å². The Balaban J connectivity index is 2.55. The molecule has 16 heavy (non-hydrogen) atoms. The van der Waals surface area contributed by atoms with Crippen LogP contribution >= 0.6 is 0 Å². The van der Waals surface area contributed by atoms with E-state index in [9.17, 15) is 9.59 Å². The molecule has 5 nitrogen and oxygen atoms in total. The van der Waals surface area contributed by atoms with Gasteiger partial charge in [-0.2, -0.15) is 0 Å². The van der Waals surface area contributed by atoms with Gasteiger partial charge in [-0.3, -0.25) is 9.78 Å². The Morgan fingerprint density at radius 3 is 2.62 bits per heavy atom. The van der Waals surface area contributed by atoms with Crippen molar-refractivity contribution in [3.05, 3.63) is 30.1 Å². The fourth-order valence-corrected chi connectivity index (χ4v) is 1.11. The molecule has 0 fully saturated rings. The molecule has 0 saturated heterocycles. The molecule has 0 radical (unpaired) electrons. The normalized spacial score (nSPS) is 11.6. The molecule has 0 aliphatic rings. The number of amides is 1. The van der Waals surface area contributed by atoms with Crippen molar-refractivity contribution < 1.29 is 14.3 Å². The van der Waals surface area contributed by atoms with Crippen molar-refractivity contribution in [2.24, 2.45) is 0 Å². The van der Waals surface area contributed by atoms with Crippen LogP contribution in [0.2, 0.25) is 0 Å². The van der Waals surface area contributed by atoms with Crippen LogP contribution in [0.3, 0.4) is 0 Å². The molecule has 0 saturated carbocycles. The van der Waals surface area contributed by atoms with Crippen LogP contribution in [0.4, 0.5) is 0 Å². The Kier molecular flexibility index (Phi) is 4.44. The molecule has 1 aromatic rings. The first-order valence-electron chi connectivity index (χ1n) is 5.02. The Labute approximate surface area is 93.8 Å². The van der Waals surface area contributed by atoms with E-state index in [0.29, 0.717) is 12.2 Å². The molecule has 5 heteroatoms. The number of ether oxygens (including phenoxy) is 1. The highest BCUT2D eigenvalue weighted by Crippen LogP contribution is 1.97. The Hall–Kier alpha value is -1.91. The number of carbonyl (C=O) groups excluding carboxylic acids is 2. The summed E-state index contributed by atoms with van der Waals surface area (Å²) in [5.41, 5.74) is 0.464. The Bertz CT molecular complexity index is 365. The third-order valence-electron chi connectivity index (χ3n) is 1.93. The Morgan fingerprint density at radius 2 is 2.06 bits per heavy atom. The average molecular weight is 222 g/mol. The zero-order chi connectivity index (χ0) is 12.0. The van der Waals surface area contributed by atoms with Gasteiger partial charge in [0.15, 0.2) is 0 Å². The van der Waals surface area contributed by atoms with E-state index in [0.717, 1.165) is 0 Å². The molecule has 1 amide bonds. The van der Waals surface area contributed by atoms with Crippen LogP contribution < -0.4 is 5.32 Å². The topological polar surface area (TPSA) is 68.3 Å². The summed E-state index contributed by atoms with van der Waals surface area (Å²) in [5, 5.41) is 2.54. The minimum Gasteiger partial charge on any atom is -0.464 e. The van der Waals surface area contributed by atoms with Gasteiger partial charge in [-0.05, 0) is 26.0 Å². The van der Waals surface area contributed by atoms with Gasteiger partial charge in [0, 0.05) is 18.0 Å². The summed E-state index contributed by atoms with van der Waals surface area (Å²) in [6.07, 6.45) is 3.04. The molecule has 1 aromatic heterocycles. The standard InChI is InChI=1S/C11H14N2O3/c1-3-16-11(15)8(2)13-10(14)9-4-6-12-7-5-9/h4-8H,3H2,1-2H3,(H,13,14). The van der Waals surface area contributed by atoms with Gasteiger partial charge >= 0.3 is 5.97 Å². The first kappa shape index (κ1) is 12.2. The molecular formula is C11H14N2O3. The van der Waals surface area contributed by atoms with E-state index in [1.807, 2.05) is 0 Å². The van der Waals surface area contributed by atoms with E-state index in [2.05, 4.69) is 10.3 Å². The lowest BCUT2D eigenvalue weighted by Crippen LogP contribution is -2.39. The van der Waals surface area contributed by atoms with E-state index in [1.165, 1.54) is 12.4 Å². The second-order valence-electron chi connectivity index (χ2n) is 3.18. The van der Waals surface area contributed by atoms with Crippen LogP contribution in [-0.4, -0.2) is 29.5 Å². The number of rotatable bonds is 4. The summed E-state index contributed by atoms with van der Waals surface area (Å²) >= 11 is 0. The predicted molar refractivity (Wildman–Crippen MR) is 57.8 cm³/mol. The minimum atomic E-state index is -0.652. The van der Waals surface area contributed by atoms with E-state index < -0.39 is 12.0 Å². The quantitative estimate of drug-likeness (QED) is 0.764. The first-order chi connectivity index (χ1) is 7.65. The van der Waals surface area contributed by atoms with Crippen LogP contribution in [-0.2, 0) is 9.53 Å². The van der Waals surface area contributed by atoms with Gasteiger partial charge in [-0.15, -0.1) is 0 Å². The number of nitrogens with one attached hydrogen (secondary N) is 1. The molecule has 1 rings (SSSR count). The summed E-state index contributed by atoms with van der Waals surface area (Å²) in [5.74, 6) is -0.757. The number of nitrogens with zero attached hydrogens (tertiary/aromatic N) is 1. The molecule has 0 aromatic carbocycles. The zero-order valence-electron chi connectivity index (χ0n) is 9.27. The maximum atomic E-state index is 11.6. The van der Waals surface area contributed by atoms with Gasteiger partial charge in [0.25, 0.3) is 5.91 Å². The second-order valence-corrected chi connectivity index (χ2v) is 3.18. The number of esters is 1. The summed E-state index contributed by atoms with van der Waals surface area (Å²) < 4.78 is 4.77. The van der Waals surface area contributed by atoms with Crippen LogP contribution in [0, 0.1) is 0 Å². The fraction of sp³-hybridized carbons (Fsp3) is 0.364. The lowest BCUT2D eigenvalue weighted by atomic mass is 10.2. The van der Waals surface area contributed by atoms with Gasteiger partial charge < -0.3 is 10.1 Å². The van der Waals surface area contributed by atoms with Crippen molar-refractivity contribution in [3.63, 3.8) is 0 Å². The van der Waals surface area contributed by atoms with Crippen LogP contribution in [0.15, 0.2) is 24.5 Å². The molecule has 86 valence electrons. The predicted octanol–water partition coefficient (Wildman–Crippen LogP) is 0.763. The molecule has 0 aliphatic heterocycles. The zero-order valence-corrected chi connectivity index (χ0v) is 9.27. The summed E-state index contributed by atoms with van der Waals surface area (Å²) in [6, 6.07) is 2.50. The van der Waals surface area contributed by atoms with Crippen LogP contribution in [0.5, 0.6) is 0 Å². The summed E-state index contributed by atoms with van der Waals surface area (Å²) in [7, 11) is 0. The minimum absolute atomic E-state index is 0.300. The number of aromatic nitrogens is 1. The van der Waals surface area contributed by atoms with E-state index in [4.69, 9.17) is 4.74 Å². The maximum Gasteiger partial charge on any atom is 0.328 e. The third-order valence-corrected chi connectivity index (χ3v) is 1.93. The molecule has 1 unspecified atom stereocenters. The number of pyridine rings is 1. The Morgan fingerprint density at radius 1 is 1.44 bits per heavy atom. The maximum absolute atomic E-state index is 11.6. The molecule has 0 bridgehead atoms.